The van der Waals surface area contributed by atoms with Gasteiger partial charge in [-0.2, -0.15) is 0 Å². The lowest BCUT2D eigenvalue weighted by Gasteiger charge is -2.17. The number of rotatable bonds is 1. The SMILES string of the molecule is Cc1cc(CN)nc(C(C)(C)C)n1. The number of aryl methyl sites for hydroxylation is 1. The van der Waals surface area contributed by atoms with Crippen LogP contribution in [-0.4, -0.2) is 9.97 Å². The van der Waals surface area contributed by atoms with E-state index in [4.69, 9.17) is 5.73 Å². The minimum Gasteiger partial charge on any atom is -0.325 e. The first-order valence-corrected chi connectivity index (χ1v) is 4.48. The Labute approximate surface area is 79.4 Å². The maximum atomic E-state index is 5.54. The molecule has 1 rings (SSSR count). The van der Waals surface area contributed by atoms with E-state index in [-0.39, 0.29) is 5.41 Å². The summed E-state index contributed by atoms with van der Waals surface area (Å²) < 4.78 is 0. The minimum atomic E-state index is -0.00403. The van der Waals surface area contributed by atoms with Crippen molar-refractivity contribution in [3.63, 3.8) is 0 Å². The van der Waals surface area contributed by atoms with Gasteiger partial charge in [0.1, 0.15) is 5.82 Å². The largest absolute Gasteiger partial charge is 0.325 e. The van der Waals surface area contributed by atoms with Crippen molar-refractivity contribution in [1.82, 2.24) is 9.97 Å². The number of hydrogen-bond acceptors (Lipinski definition) is 3. The molecular weight excluding hydrogens is 162 g/mol. The molecule has 2 N–H and O–H groups in total. The lowest BCUT2D eigenvalue weighted by atomic mass is 9.95. The molecule has 0 aliphatic rings. The van der Waals surface area contributed by atoms with E-state index in [0.29, 0.717) is 6.54 Å². The molecular formula is C10H17N3. The second-order valence-corrected chi connectivity index (χ2v) is 4.28. The van der Waals surface area contributed by atoms with Crippen molar-refractivity contribution in [2.75, 3.05) is 0 Å². The van der Waals surface area contributed by atoms with E-state index in [9.17, 15) is 0 Å². The first kappa shape index (κ1) is 10.1. The summed E-state index contributed by atoms with van der Waals surface area (Å²) in [6, 6.07) is 1.93. The first-order valence-electron chi connectivity index (χ1n) is 4.48. The molecule has 0 radical (unpaired) electrons. The minimum absolute atomic E-state index is 0.00403. The second-order valence-electron chi connectivity index (χ2n) is 4.28. The quantitative estimate of drug-likeness (QED) is 0.711. The van der Waals surface area contributed by atoms with Gasteiger partial charge in [-0.05, 0) is 13.0 Å². The number of nitrogens with zero attached hydrogens (tertiary/aromatic N) is 2. The molecule has 1 aromatic rings. The number of hydrogen-bond donors (Lipinski definition) is 1. The van der Waals surface area contributed by atoms with Gasteiger partial charge in [0.15, 0.2) is 0 Å². The van der Waals surface area contributed by atoms with Gasteiger partial charge in [-0.3, -0.25) is 0 Å². The fourth-order valence-corrected chi connectivity index (χ4v) is 1.07. The molecule has 0 amide bonds. The maximum Gasteiger partial charge on any atom is 0.134 e. The second kappa shape index (κ2) is 3.42. The first-order chi connectivity index (χ1) is 5.93. The lowest BCUT2D eigenvalue weighted by Crippen LogP contribution is -2.18. The third-order valence-corrected chi connectivity index (χ3v) is 1.79. The summed E-state index contributed by atoms with van der Waals surface area (Å²) >= 11 is 0. The average molecular weight is 179 g/mol. The smallest absolute Gasteiger partial charge is 0.134 e. The highest BCUT2D eigenvalue weighted by Crippen LogP contribution is 2.18. The van der Waals surface area contributed by atoms with Crippen molar-refractivity contribution in [2.24, 2.45) is 5.73 Å². The van der Waals surface area contributed by atoms with Gasteiger partial charge in [0.2, 0.25) is 0 Å². The monoisotopic (exact) mass is 179 g/mol. The van der Waals surface area contributed by atoms with Crippen LogP contribution in [0.3, 0.4) is 0 Å². The molecule has 0 bridgehead atoms. The van der Waals surface area contributed by atoms with Gasteiger partial charge >= 0.3 is 0 Å². The van der Waals surface area contributed by atoms with Crippen LogP contribution in [0.15, 0.2) is 6.07 Å². The van der Waals surface area contributed by atoms with Gasteiger partial charge in [-0.25, -0.2) is 9.97 Å². The zero-order chi connectivity index (χ0) is 10.1. The summed E-state index contributed by atoms with van der Waals surface area (Å²) in [6.45, 7) is 8.74. The maximum absolute atomic E-state index is 5.54. The normalized spacial score (nSPS) is 11.8. The lowest BCUT2D eigenvalue weighted by molar-refractivity contribution is 0.539. The molecule has 0 saturated carbocycles. The summed E-state index contributed by atoms with van der Waals surface area (Å²) in [7, 11) is 0. The van der Waals surface area contributed by atoms with Gasteiger partial charge in [0, 0.05) is 17.7 Å². The molecule has 0 aliphatic carbocycles. The van der Waals surface area contributed by atoms with Gasteiger partial charge in [0.25, 0.3) is 0 Å². The molecule has 1 heterocycles. The molecule has 0 saturated heterocycles. The molecule has 0 aromatic carbocycles. The summed E-state index contributed by atoms with van der Waals surface area (Å²) in [5.74, 6) is 0.868. The topological polar surface area (TPSA) is 51.8 Å². The Bertz CT molecular complexity index is 300. The van der Waals surface area contributed by atoms with E-state index < -0.39 is 0 Å². The third-order valence-electron chi connectivity index (χ3n) is 1.79. The van der Waals surface area contributed by atoms with E-state index in [1.54, 1.807) is 0 Å². The van der Waals surface area contributed by atoms with Crippen LogP contribution in [0.2, 0.25) is 0 Å². The highest BCUT2D eigenvalue weighted by atomic mass is 14.9. The molecule has 0 atom stereocenters. The average Bonchev–Trinajstić information content (AvgIpc) is 2.01. The number of nitrogens with two attached hydrogens (primary N) is 1. The molecule has 1 aromatic heterocycles. The predicted molar refractivity (Wildman–Crippen MR) is 53.4 cm³/mol. The van der Waals surface area contributed by atoms with Crippen LogP contribution in [0.25, 0.3) is 0 Å². The van der Waals surface area contributed by atoms with Crippen molar-refractivity contribution >= 4 is 0 Å². The third kappa shape index (κ3) is 2.49. The van der Waals surface area contributed by atoms with Crippen LogP contribution >= 0.6 is 0 Å². The van der Waals surface area contributed by atoms with Crippen LogP contribution in [-0.2, 0) is 12.0 Å². The summed E-state index contributed by atoms with van der Waals surface area (Å²) in [5.41, 5.74) is 7.44. The highest BCUT2D eigenvalue weighted by molar-refractivity contribution is 5.13. The summed E-state index contributed by atoms with van der Waals surface area (Å²) in [4.78, 5) is 8.77. The van der Waals surface area contributed by atoms with Gasteiger partial charge < -0.3 is 5.73 Å². The highest BCUT2D eigenvalue weighted by Gasteiger charge is 2.17. The van der Waals surface area contributed by atoms with Crippen molar-refractivity contribution in [2.45, 2.75) is 39.7 Å². The molecule has 72 valence electrons. The van der Waals surface area contributed by atoms with Crippen molar-refractivity contribution < 1.29 is 0 Å². The predicted octanol–water partition coefficient (Wildman–Crippen LogP) is 1.54. The Hall–Kier alpha value is -0.960. The number of aromatic nitrogens is 2. The molecule has 3 heteroatoms. The summed E-state index contributed by atoms with van der Waals surface area (Å²) in [6.07, 6.45) is 0. The molecule has 0 spiro atoms. The molecule has 0 aliphatic heterocycles. The Balaban J connectivity index is 3.16. The zero-order valence-electron chi connectivity index (χ0n) is 8.76. The van der Waals surface area contributed by atoms with Crippen molar-refractivity contribution in [1.29, 1.82) is 0 Å². The Morgan fingerprint density at radius 1 is 1.31 bits per heavy atom. The van der Waals surface area contributed by atoms with Gasteiger partial charge in [-0.1, -0.05) is 20.8 Å². The zero-order valence-corrected chi connectivity index (χ0v) is 8.76. The summed E-state index contributed by atoms with van der Waals surface area (Å²) in [5, 5.41) is 0. The van der Waals surface area contributed by atoms with E-state index in [2.05, 4.69) is 30.7 Å². The van der Waals surface area contributed by atoms with Crippen LogP contribution in [0.4, 0.5) is 0 Å². The van der Waals surface area contributed by atoms with E-state index in [1.165, 1.54) is 0 Å². The molecule has 13 heavy (non-hydrogen) atoms. The van der Waals surface area contributed by atoms with Crippen molar-refractivity contribution in [3.8, 4) is 0 Å². The molecule has 0 fully saturated rings. The molecule has 3 nitrogen and oxygen atoms in total. The van der Waals surface area contributed by atoms with Crippen LogP contribution in [0.5, 0.6) is 0 Å². The van der Waals surface area contributed by atoms with E-state index in [1.807, 2.05) is 13.0 Å². The van der Waals surface area contributed by atoms with E-state index >= 15 is 0 Å². The molecule has 0 unspecified atom stereocenters. The van der Waals surface area contributed by atoms with Gasteiger partial charge in [-0.15, -0.1) is 0 Å². The Kier molecular flexibility index (Phi) is 2.66. The fourth-order valence-electron chi connectivity index (χ4n) is 1.07. The van der Waals surface area contributed by atoms with Gasteiger partial charge in [0.05, 0.1) is 5.69 Å². The fraction of sp³-hybridized carbons (Fsp3) is 0.600. The Morgan fingerprint density at radius 3 is 2.38 bits per heavy atom. The van der Waals surface area contributed by atoms with Crippen LogP contribution < -0.4 is 5.73 Å². The van der Waals surface area contributed by atoms with Crippen LogP contribution in [0, 0.1) is 6.92 Å². The van der Waals surface area contributed by atoms with Crippen LogP contribution in [0.1, 0.15) is 38.0 Å². The van der Waals surface area contributed by atoms with E-state index in [0.717, 1.165) is 17.2 Å². The Morgan fingerprint density at radius 2 is 1.92 bits per heavy atom. The standard InChI is InChI=1S/C10H17N3/c1-7-5-8(6-11)13-9(12-7)10(2,3)4/h5H,6,11H2,1-4H3. The van der Waals surface area contributed by atoms with Crippen molar-refractivity contribution in [3.05, 3.63) is 23.3 Å².